The van der Waals surface area contributed by atoms with E-state index in [1.807, 2.05) is 96.8 Å². The molecule has 0 unspecified atom stereocenters. The molecule has 0 fully saturated rings. The maximum absolute atomic E-state index is 12.7. The highest BCUT2D eigenvalue weighted by atomic mass is 35.5. The van der Waals surface area contributed by atoms with Crippen molar-refractivity contribution < 1.29 is 9.59 Å². The highest BCUT2D eigenvalue weighted by Gasteiger charge is 2.14. The molecule has 0 radical (unpaired) electrons. The molecule has 0 aromatic heterocycles. The van der Waals surface area contributed by atoms with Gasteiger partial charge in [0.05, 0.1) is 5.70 Å². The molecule has 6 heteroatoms. The largest absolute Gasteiger partial charge is 0.344 e. The number of anilines is 1. The van der Waals surface area contributed by atoms with Crippen LogP contribution in [0, 0.1) is 0 Å². The van der Waals surface area contributed by atoms with Crippen molar-refractivity contribution in [1.29, 1.82) is 0 Å². The second-order valence-electron chi connectivity index (χ2n) is 9.67. The van der Waals surface area contributed by atoms with Crippen LogP contribution in [-0.4, -0.2) is 35.5 Å². The number of amidine groups is 1. The lowest BCUT2D eigenvalue weighted by molar-refractivity contribution is -0.116. The number of nitrogens with one attached hydrogen (secondary N) is 1. The summed E-state index contributed by atoms with van der Waals surface area (Å²) in [5.74, 6) is 1.07. The van der Waals surface area contributed by atoms with Gasteiger partial charge < -0.3 is 15.0 Å². The first-order valence-electron chi connectivity index (χ1n) is 14.1. The zero-order valence-electron chi connectivity index (χ0n) is 24.7. The molecular weight excluding hydrogens is 530 g/mol. The van der Waals surface area contributed by atoms with E-state index in [9.17, 15) is 9.59 Å². The van der Waals surface area contributed by atoms with Crippen LogP contribution in [0.1, 0.15) is 68.4 Å². The summed E-state index contributed by atoms with van der Waals surface area (Å²) < 4.78 is 0. The Bertz CT molecular complexity index is 1290. The number of nitrogens with zero attached hydrogens (tertiary/aromatic N) is 2. The topological polar surface area (TPSA) is 61.8 Å². The van der Waals surface area contributed by atoms with E-state index in [0.29, 0.717) is 17.0 Å². The van der Waals surface area contributed by atoms with Crippen molar-refractivity contribution in [2.45, 2.75) is 53.4 Å². The fourth-order valence-corrected chi connectivity index (χ4v) is 4.17. The first-order chi connectivity index (χ1) is 19.8. The summed E-state index contributed by atoms with van der Waals surface area (Å²) in [5.41, 5.74) is 4.55. The molecule has 0 aliphatic carbocycles. The standard InChI is InChI=1S/C25H30ClN3O.C10H12O/c1-5-8-24(20-9-13-22(26)14-10-20)28-19(4)27-23-15-11-21(12-16-23)25(30)29(17-6-2)18-7-3;1-9(11)7-8-10-5-3-2-4-6-10/h5,8-16H,1,6-7,17-18H2,2-4H3,(H,27,28);2-6H,7-8H2,1H3/b24-8-;. The first-order valence-corrected chi connectivity index (χ1v) is 14.5. The monoisotopic (exact) mass is 571 g/mol. The molecule has 0 aliphatic rings. The number of aliphatic imine (C=N–C) groups is 1. The van der Waals surface area contributed by atoms with Gasteiger partial charge in [0.2, 0.25) is 0 Å². The van der Waals surface area contributed by atoms with Gasteiger partial charge in [-0.25, -0.2) is 4.99 Å². The third-order valence-corrected chi connectivity index (χ3v) is 6.30. The van der Waals surface area contributed by atoms with Gasteiger partial charge in [0.15, 0.2) is 0 Å². The van der Waals surface area contributed by atoms with Gasteiger partial charge in [0.25, 0.3) is 5.91 Å². The van der Waals surface area contributed by atoms with Crippen LogP contribution in [0.5, 0.6) is 0 Å². The normalized spacial score (nSPS) is 11.2. The molecule has 1 N–H and O–H groups in total. The van der Waals surface area contributed by atoms with E-state index in [1.54, 1.807) is 13.0 Å². The molecule has 0 bridgehead atoms. The molecule has 216 valence electrons. The third kappa shape index (κ3) is 12.4. The first kappa shape index (κ1) is 33.2. The van der Waals surface area contributed by atoms with Crippen LogP contribution in [0.2, 0.25) is 5.02 Å². The van der Waals surface area contributed by atoms with Crippen molar-refractivity contribution >= 4 is 40.5 Å². The average molecular weight is 572 g/mol. The number of Topliss-reactive ketones (excluding diaryl/α,β-unsaturated/α-hetero) is 1. The van der Waals surface area contributed by atoms with Crippen LogP contribution >= 0.6 is 11.6 Å². The Balaban J connectivity index is 0.000000446. The van der Waals surface area contributed by atoms with Gasteiger partial charge in [-0.1, -0.05) is 80.6 Å². The van der Waals surface area contributed by atoms with Crippen LogP contribution < -0.4 is 5.32 Å². The van der Waals surface area contributed by atoms with Gasteiger partial charge in [0, 0.05) is 41.3 Å². The lowest BCUT2D eigenvalue weighted by atomic mass is 10.1. The molecule has 0 spiro atoms. The summed E-state index contributed by atoms with van der Waals surface area (Å²) in [6, 6.07) is 25.1. The molecule has 3 aromatic rings. The van der Waals surface area contributed by atoms with Crippen molar-refractivity contribution in [2.75, 3.05) is 18.4 Å². The van der Waals surface area contributed by atoms with Gasteiger partial charge in [-0.15, -0.1) is 0 Å². The molecule has 0 aliphatic heterocycles. The summed E-state index contributed by atoms with van der Waals surface area (Å²) in [6.07, 6.45) is 7.00. The second-order valence-corrected chi connectivity index (χ2v) is 10.1. The van der Waals surface area contributed by atoms with Gasteiger partial charge in [-0.2, -0.15) is 0 Å². The second kappa shape index (κ2) is 18.4. The van der Waals surface area contributed by atoms with E-state index < -0.39 is 0 Å². The van der Waals surface area contributed by atoms with Crippen molar-refractivity contribution in [3.63, 3.8) is 0 Å². The smallest absolute Gasteiger partial charge is 0.253 e. The van der Waals surface area contributed by atoms with Gasteiger partial charge in [-0.05, 0) is 81.1 Å². The summed E-state index contributed by atoms with van der Waals surface area (Å²) in [6.45, 7) is 13.0. The van der Waals surface area contributed by atoms with Crippen molar-refractivity contribution in [3.05, 3.63) is 119 Å². The molecular formula is C35H42ClN3O2. The third-order valence-electron chi connectivity index (χ3n) is 6.04. The fourth-order valence-electron chi connectivity index (χ4n) is 4.05. The van der Waals surface area contributed by atoms with E-state index >= 15 is 0 Å². The number of aryl methyl sites for hydroxylation is 1. The Kier molecular flexibility index (Phi) is 14.9. The Morgan fingerprint density at radius 2 is 1.46 bits per heavy atom. The Morgan fingerprint density at radius 3 is 2.00 bits per heavy atom. The lowest BCUT2D eigenvalue weighted by Gasteiger charge is -2.21. The van der Waals surface area contributed by atoms with Gasteiger partial charge in [0.1, 0.15) is 11.6 Å². The number of benzene rings is 3. The number of hydrogen-bond acceptors (Lipinski definition) is 3. The van der Waals surface area contributed by atoms with Crippen LogP contribution in [0.3, 0.4) is 0 Å². The molecule has 1 amide bonds. The molecule has 0 heterocycles. The fraction of sp³-hybridized carbons (Fsp3) is 0.286. The predicted octanol–water partition coefficient (Wildman–Crippen LogP) is 8.87. The van der Waals surface area contributed by atoms with Crippen LogP contribution in [0.25, 0.3) is 5.70 Å². The van der Waals surface area contributed by atoms with E-state index in [4.69, 9.17) is 11.6 Å². The summed E-state index contributed by atoms with van der Waals surface area (Å²) in [7, 11) is 0. The van der Waals surface area contributed by atoms with E-state index in [1.165, 1.54) is 5.56 Å². The molecule has 5 nitrogen and oxygen atoms in total. The average Bonchev–Trinajstić information content (AvgIpc) is 2.97. The minimum absolute atomic E-state index is 0.0783. The number of ketones is 1. The van der Waals surface area contributed by atoms with Gasteiger partial charge >= 0.3 is 0 Å². The quantitative estimate of drug-likeness (QED) is 0.134. The number of allylic oxidation sites excluding steroid dienone is 2. The maximum Gasteiger partial charge on any atom is 0.253 e. The highest BCUT2D eigenvalue weighted by molar-refractivity contribution is 6.30. The molecule has 3 rings (SSSR count). The Hall–Kier alpha value is -3.96. The highest BCUT2D eigenvalue weighted by Crippen LogP contribution is 2.20. The van der Waals surface area contributed by atoms with E-state index in [-0.39, 0.29) is 11.7 Å². The molecule has 0 saturated carbocycles. The van der Waals surface area contributed by atoms with Gasteiger partial charge in [-0.3, -0.25) is 4.79 Å². The number of hydrogen-bond donors (Lipinski definition) is 1. The number of carbonyl (C=O) groups excluding carboxylic acids is 2. The summed E-state index contributed by atoms with van der Waals surface area (Å²) in [4.78, 5) is 29.9. The number of rotatable bonds is 12. The predicted molar refractivity (Wildman–Crippen MR) is 175 cm³/mol. The molecule has 0 saturated heterocycles. The van der Waals surface area contributed by atoms with Crippen LogP contribution in [0.4, 0.5) is 5.69 Å². The van der Waals surface area contributed by atoms with Crippen molar-refractivity contribution in [2.24, 2.45) is 4.99 Å². The Labute approximate surface area is 250 Å². The number of amides is 1. The zero-order chi connectivity index (χ0) is 30.0. The number of carbonyl (C=O) groups is 2. The van der Waals surface area contributed by atoms with Crippen molar-refractivity contribution in [3.8, 4) is 0 Å². The number of halogens is 1. The lowest BCUT2D eigenvalue weighted by Crippen LogP contribution is -2.32. The molecule has 3 aromatic carbocycles. The van der Waals surface area contributed by atoms with Crippen LogP contribution in [-0.2, 0) is 11.2 Å². The van der Waals surface area contributed by atoms with Crippen LogP contribution in [0.15, 0.2) is 103 Å². The van der Waals surface area contributed by atoms with E-state index in [2.05, 4.69) is 30.7 Å². The molecule has 41 heavy (non-hydrogen) atoms. The minimum Gasteiger partial charge on any atom is -0.344 e. The summed E-state index contributed by atoms with van der Waals surface area (Å²) in [5, 5.41) is 3.96. The SMILES string of the molecule is C=C/C=C(\N=C(C)Nc1ccc(C(=O)N(CCC)CCC)cc1)c1ccc(Cl)cc1.CC(=O)CCc1ccccc1. The maximum atomic E-state index is 12.7. The summed E-state index contributed by atoms with van der Waals surface area (Å²) >= 11 is 5.98. The minimum atomic E-state index is 0.0783. The molecule has 0 atom stereocenters. The Morgan fingerprint density at radius 1 is 0.878 bits per heavy atom. The van der Waals surface area contributed by atoms with E-state index in [0.717, 1.165) is 55.1 Å². The van der Waals surface area contributed by atoms with Crippen molar-refractivity contribution in [1.82, 2.24) is 4.90 Å². The zero-order valence-corrected chi connectivity index (χ0v) is 25.5.